The Bertz CT molecular complexity index is 251. The topological polar surface area (TPSA) is 35.6 Å². The van der Waals surface area contributed by atoms with E-state index in [1.165, 1.54) is 32.4 Å². The minimum atomic E-state index is 0.131. The maximum Gasteiger partial charge on any atom is 0.317 e. The maximum absolute atomic E-state index is 11.8. The molecule has 0 aromatic carbocycles. The second kappa shape index (κ2) is 6.24. The van der Waals surface area contributed by atoms with Gasteiger partial charge in [-0.15, -0.1) is 0 Å². The van der Waals surface area contributed by atoms with E-state index in [1.54, 1.807) is 0 Å². The first-order valence-electron chi connectivity index (χ1n) is 7.08. The fourth-order valence-corrected chi connectivity index (χ4v) is 2.85. The molecule has 17 heavy (non-hydrogen) atoms. The summed E-state index contributed by atoms with van der Waals surface area (Å²) in [7, 11) is 0. The van der Waals surface area contributed by atoms with Crippen LogP contribution in [0.3, 0.4) is 0 Å². The summed E-state index contributed by atoms with van der Waals surface area (Å²) in [6.45, 7) is 7.20. The van der Waals surface area contributed by atoms with Gasteiger partial charge in [0.25, 0.3) is 0 Å². The SMILES string of the molecule is CCCNC(=O)N1CCC(N2CCCCC2)C1. The second-order valence-corrected chi connectivity index (χ2v) is 5.22. The predicted molar refractivity (Wildman–Crippen MR) is 69.1 cm³/mol. The highest BCUT2D eigenvalue weighted by atomic mass is 16.2. The Morgan fingerprint density at radius 1 is 1.24 bits per heavy atom. The van der Waals surface area contributed by atoms with Gasteiger partial charge < -0.3 is 10.2 Å². The summed E-state index contributed by atoms with van der Waals surface area (Å²) in [6.07, 6.45) is 6.20. The Labute approximate surface area is 104 Å². The van der Waals surface area contributed by atoms with Crippen LogP contribution in [0.2, 0.25) is 0 Å². The van der Waals surface area contributed by atoms with Crippen LogP contribution in [-0.2, 0) is 0 Å². The molecule has 4 heteroatoms. The Morgan fingerprint density at radius 3 is 2.71 bits per heavy atom. The molecule has 2 aliphatic rings. The molecule has 1 N–H and O–H groups in total. The van der Waals surface area contributed by atoms with Crippen molar-refractivity contribution < 1.29 is 4.79 Å². The Kier molecular flexibility index (Phi) is 4.66. The third-order valence-corrected chi connectivity index (χ3v) is 3.88. The van der Waals surface area contributed by atoms with Gasteiger partial charge in [0.2, 0.25) is 0 Å². The van der Waals surface area contributed by atoms with Crippen LogP contribution in [0.4, 0.5) is 4.79 Å². The van der Waals surface area contributed by atoms with E-state index in [0.717, 1.165) is 32.5 Å². The number of nitrogens with one attached hydrogen (secondary N) is 1. The minimum Gasteiger partial charge on any atom is -0.338 e. The highest BCUT2D eigenvalue weighted by Crippen LogP contribution is 2.20. The van der Waals surface area contributed by atoms with Crippen LogP contribution in [0.1, 0.15) is 39.0 Å². The molecule has 0 spiro atoms. The Balaban J connectivity index is 1.76. The average molecular weight is 239 g/mol. The van der Waals surface area contributed by atoms with E-state index >= 15 is 0 Å². The van der Waals surface area contributed by atoms with E-state index in [4.69, 9.17) is 0 Å². The molecule has 2 rings (SSSR count). The number of nitrogens with zero attached hydrogens (tertiary/aromatic N) is 2. The summed E-state index contributed by atoms with van der Waals surface area (Å²) in [5.41, 5.74) is 0. The second-order valence-electron chi connectivity index (χ2n) is 5.22. The van der Waals surface area contributed by atoms with Crippen LogP contribution >= 0.6 is 0 Å². The van der Waals surface area contributed by atoms with Gasteiger partial charge in [0, 0.05) is 25.7 Å². The van der Waals surface area contributed by atoms with Gasteiger partial charge >= 0.3 is 6.03 Å². The van der Waals surface area contributed by atoms with E-state index < -0.39 is 0 Å². The minimum absolute atomic E-state index is 0.131. The van der Waals surface area contributed by atoms with Crippen LogP contribution in [0.15, 0.2) is 0 Å². The molecule has 2 fully saturated rings. The van der Waals surface area contributed by atoms with Gasteiger partial charge in [-0.2, -0.15) is 0 Å². The van der Waals surface area contributed by atoms with Gasteiger partial charge in [0.05, 0.1) is 0 Å². The van der Waals surface area contributed by atoms with E-state index in [9.17, 15) is 4.79 Å². The highest BCUT2D eigenvalue weighted by Gasteiger charge is 2.30. The lowest BCUT2D eigenvalue weighted by molar-refractivity contribution is 0.161. The normalized spacial score (nSPS) is 26.2. The summed E-state index contributed by atoms with van der Waals surface area (Å²) in [6, 6.07) is 0.744. The van der Waals surface area contributed by atoms with Crippen LogP contribution in [0.5, 0.6) is 0 Å². The zero-order valence-electron chi connectivity index (χ0n) is 11.0. The number of hydrogen-bond acceptors (Lipinski definition) is 2. The number of rotatable bonds is 3. The molecule has 0 radical (unpaired) electrons. The van der Waals surface area contributed by atoms with Crippen molar-refractivity contribution in [2.75, 3.05) is 32.7 Å². The first-order chi connectivity index (χ1) is 8.31. The molecule has 0 saturated carbocycles. The molecular weight excluding hydrogens is 214 g/mol. The molecular formula is C13H25N3O. The van der Waals surface area contributed by atoms with Gasteiger partial charge in [-0.3, -0.25) is 4.90 Å². The van der Waals surface area contributed by atoms with Crippen molar-refractivity contribution in [1.82, 2.24) is 15.1 Å². The third-order valence-electron chi connectivity index (χ3n) is 3.88. The lowest BCUT2D eigenvalue weighted by Crippen LogP contribution is -2.44. The number of hydrogen-bond donors (Lipinski definition) is 1. The highest BCUT2D eigenvalue weighted by molar-refractivity contribution is 5.74. The first kappa shape index (κ1) is 12.7. The van der Waals surface area contributed by atoms with Gasteiger partial charge in [0.1, 0.15) is 0 Å². The molecule has 1 atom stereocenters. The summed E-state index contributed by atoms with van der Waals surface area (Å²) in [5.74, 6) is 0. The summed E-state index contributed by atoms with van der Waals surface area (Å²) >= 11 is 0. The molecule has 1 unspecified atom stereocenters. The fourth-order valence-electron chi connectivity index (χ4n) is 2.85. The van der Waals surface area contributed by atoms with Crippen molar-refractivity contribution in [1.29, 1.82) is 0 Å². The molecule has 2 saturated heterocycles. The van der Waals surface area contributed by atoms with Crippen molar-refractivity contribution in [3.05, 3.63) is 0 Å². The largest absolute Gasteiger partial charge is 0.338 e. The lowest BCUT2D eigenvalue weighted by Gasteiger charge is -2.32. The quantitative estimate of drug-likeness (QED) is 0.813. The number of carbonyl (C=O) groups excluding carboxylic acids is 1. The monoisotopic (exact) mass is 239 g/mol. The van der Waals surface area contributed by atoms with Crippen molar-refractivity contribution >= 4 is 6.03 Å². The van der Waals surface area contributed by atoms with Crippen molar-refractivity contribution in [2.45, 2.75) is 45.1 Å². The summed E-state index contributed by atoms with van der Waals surface area (Å²) in [5, 5.41) is 2.97. The van der Waals surface area contributed by atoms with Gasteiger partial charge in [-0.25, -0.2) is 4.79 Å². The zero-order valence-corrected chi connectivity index (χ0v) is 11.0. The standard InChI is InChI=1S/C13H25N3O/c1-2-7-14-13(17)16-10-6-12(11-16)15-8-4-3-5-9-15/h12H,2-11H2,1H3,(H,14,17). The van der Waals surface area contributed by atoms with Crippen molar-refractivity contribution in [3.8, 4) is 0 Å². The van der Waals surface area contributed by atoms with Crippen molar-refractivity contribution in [3.63, 3.8) is 0 Å². The molecule has 4 nitrogen and oxygen atoms in total. The van der Waals surface area contributed by atoms with E-state index in [0.29, 0.717) is 6.04 Å². The first-order valence-corrected chi connectivity index (χ1v) is 7.08. The van der Waals surface area contributed by atoms with Crippen LogP contribution in [0, 0.1) is 0 Å². The van der Waals surface area contributed by atoms with E-state index in [2.05, 4.69) is 17.1 Å². The number of amides is 2. The molecule has 2 heterocycles. The molecule has 0 aromatic heterocycles. The summed E-state index contributed by atoms with van der Waals surface area (Å²) in [4.78, 5) is 16.4. The summed E-state index contributed by atoms with van der Waals surface area (Å²) < 4.78 is 0. The number of urea groups is 1. The maximum atomic E-state index is 11.8. The fraction of sp³-hybridized carbons (Fsp3) is 0.923. The molecule has 0 aromatic rings. The zero-order chi connectivity index (χ0) is 12.1. The lowest BCUT2D eigenvalue weighted by atomic mass is 10.1. The van der Waals surface area contributed by atoms with Crippen LogP contribution in [-0.4, -0.2) is 54.6 Å². The van der Waals surface area contributed by atoms with Gasteiger partial charge in [-0.05, 0) is 38.8 Å². The van der Waals surface area contributed by atoms with Gasteiger partial charge in [0.15, 0.2) is 0 Å². The van der Waals surface area contributed by atoms with Crippen molar-refractivity contribution in [2.24, 2.45) is 0 Å². The molecule has 98 valence electrons. The molecule has 0 aliphatic carbocycles. The third kappa shape index (κ3) is 3.35. The van der Waals surface area contributed by atoms with E-state index in [1.807, 2.05) is 4.90 Å². The Hall–Kier alpha value is -0.770. The van der Waals surface area contributed by atoms with Crippen LogP contribution in [0.25, 0.3) is 0 Å². The van der Waals surface area contributed by atoms with E-state index in [-0.39, 0.29) is 6.03 Å². The molecule has 2 aliphatic heterocycles. The Morgan fingerprint density at radius 2 is 2.00 bits per heavy atom. The molecule has 2 amide bonds. The van der Waals surface area contributed by atoms with Crippen LogP contribution < -0.4 is 5.32 Å². The molecule has 0 bridgehead atoms. The van der Waals surface area contributed by atoms with Gasteiger partial charge in [-0.1, -0.05) is 13.3 Å². The smallest absolute Gasteiger partial charge is 0.317 e. The number of likely N-dealkylation sites (tertiary alicyclic amines) is 2. The number of piperidine rings is 1. The number of carbonyl (C=O) groups is 1. The predicted octanol–water partition coefficient (Wildman–Crippen LogP) is 1.67. The average Bonchev–Trinajstić information content (AvgIpc) is 2.86.